The van der Waals surface area contributed by atoms with E-state index in [9.17, 15) is 0 Å². The van der Waals surface area contributed by atoms with Gasteiger partial charge in [0.05, 0.1) is 0 Å². The average molecular weight is 182 g/mol. The topological polar surface area (TPSA) is 0 Å². The molecule has 0 nitrogen and oxygen atoms in total. The fourth-order valence-corrected chi connectivity index (χ4v) is 1.51. The van der Waals surface area contributed by atoms with Crippen LogP contribution in [0.15, 0.2) is 12.2 Å². The van der Waals surface area contributed by atoms with Crippen molar-refractivity contribution in [3.05, 3.63) is 12.2 Å². The molecule has 0 N–H and O–H groups in total. The van der Waals surface area contributed by atoms with Gasteiger partial charge in [-0.05, 0) is 25.2 Å². The number of rotatable bonds is 8. The van der Waals surface area contributed by atoms with Gasteiger partial charge in [0.25, 0.3) is 0 Å². The Kier molecular flexibility index (Phi) is 9.63. The van der Waals surface area contributed by atoms with Crippen molar-refractivity contribution < 1.29 is 0 Å². The molecule has 0 aromatic heterocycles. The highest BCUT2D eigenvalue weighted by Crippen LogP contribution is 2.14. The zero-order valence-electron chi connectivity index (χ0n) is 9.68. The monoisotopic (exact) mass is 182 g/mol. The highest BCUT2D eigenvalue weighted by molar-refractivity contribution is 4.87. The van der Waals surface area contributed by atoms with Gasteiger partial charge in [-0.15, -0.1) is 0 Å². The van der Waals surface area contributed by atoms with Crippen LogP contribution in [0, 0.1) is 5.92 Å². The van der Waals surface area contributed by atoms with Gasteiger partial charge in [0.15, 0.2) is 0 Å². The minimum atomic E-state index is 0.844. The Bertz CT molecular complexity index is 113. The van der Waals surface area contributed by atoms with E-state index in [0.29, 0.717) is 0 Å². The highest BCUT2D eigenvalue weighted by atomic mass is 14.0. The van der Waals surface area contributed by atoms with Crippen molar-refractivity contribution in [3.8, 4) is 0 Å². The second kappa shape index (κ2) is 9.83. The molecule has 1 unspecified atom stereocenters. The van der Waals surface area contributed by atoms with Gasteiger partial charge in [-0.2, -0.15) is 0 Å². The maximum absolute atomic E-state index is 2.44. The molecule has 0 heteroatoms. The van der Waals surface area contributed by atoms with Gasteiger partial charge in [-0.25, -0.2) is 0 Å². The lowest BCUT2D eigenvalue weighted by atomic mass is 9.98. The molecule has 0 saturated heterocycles. The summed E-state index contributed by atoms with van der Waals surface area (Å²) in [6.45, 7) is 6.82. The van der Waals surface area contributed by atoms with E-state index in [0.717, 1.165) is 5.92 Å². The first-order valence-corrected chi connectivity index (χ1v) is 6.01. The van der Waals surface area contributed by atoms with E-state index >= 15 is 0 Å². The summed E-state index contributed by atoms with van der Waals surface area (Å²) in [6, 6.07) is 0. The summed E-state index contributed by atoms with van der Waals surface area (Å²) in [5.41, 5.74) is 0. The van der Waals surface area contributed by atoms with Crippen LogP contribution in [-0.4, -0.2) is 0 Å². The number of hydrogen-bond acceptors (Lipinski definition) is 0. The molecule has 13 heavy (non-hydrogen) atoms. The van der Waals surface area contributed by atoms with Gasteiger partial charge in [-0.1, -0.05) is 58.6 Å². The first-order valence-electron chi connectivity index (χ1n) is 6.01. The zero-order valence-corrected chi connectivity index (χ0v) is 9.68. The van der Waals surface area contributed by atoms with Gasteiger partial charge in [-0.3, -0.25) is 0 Å². The van der Waals surface area contributed by atoms with Crippen LogP contribution in [-0.2, 0) is 0 Å². The maximum Gasteiger partial charge on any atom is -0.0236 e. The molecule has 0 fully saturated rings. The number of allylic oxidation sites excluding steroid dienone is 2. The van der Waals surface area contributed by atoms with Crippen LogP contribution in [0.1, 0.15) is 65.7 Å². The normalized spacial score (nSPS) is 13.8. The molecule has 0 radical (unpaired) electrons. The summed E-state index contributed by atoms with van der Waals surface area (Å²) in [7, 11) is 0. The van der Waals surface area contributed by atoms with E-state index < -0.39 is 0 Å². The van der Waals surface area contributed by atoms with Gasteiger partial charge >= 0.3 is 0 Å². The molecule has 0 heterocycles. The second-order valence-corrected chi connectivity index (χ2v) is 3.88. The number of hydrogen-bond donors (Lipinski definition) is 0. The molecule has 0 aliphatic heterocycles. The Balaban J connectivity index is 3.50. The Morgan fingerprint density at radius 1 is 1.00 bits per heavy atom. The summed E-state index contributed by atoms with van der Waals surface area (Å²) in [5.74, 6) is 0.844. The molecule has 0 aromatic rings. The third kappa shape index (κ3) is 8.08. The smallest absolute Gasteiger partial charge is 0.0236 e. The molecule has 0 spiro atoms. The fourth-order valence-electron chi connectivity index (χ4n) is 1.51. The summed E-state index contributed by atoms with van der Waals surface area (Å²) < 4.78 is 0. The van der Waals surface area contributed by atoms with Crippen LogP contribution in [0.5, 0.6) is 0 Å². The highest BCUT2D eigenvalue weighted by Gasteiger charge is 1.99. The molecule has 0 saturated carbocycles. The third-order valence-electron chi connectivity index (χ3n) is 2.59. The molecule has 78 valence electrons. The fraction of sp³-hybridized carbons (Fsp3) is 0.846. The van der Waals surface area contributed by atoms with Crippen LogP contribution in [0.3, 0.4) is 0 Å². The van der Waals surface area contributed by atoms with Crippen LogP contribution >= 0.6 is 0 Å². The summed E-state index contributed by atoms with van der Waals surface area (Å²) in [5, 5.41) is 0. The molecule has 0 aliphatic carbocycles. The Hall–Kier alpha value is -0.260. The third-order valence-corrected chi connectivity index (χ3v) is 2.59. The van der Waals surface area contributed by atoms with Crippen molar-refractivity contribution >= 4 is 0 Å². The van der Waals surface area contributed by atoms with E-state index in [2.05, 4.69) is 32.9 Å². The van der Waals surface area contributed by atoms with E-state index in [-0.39, 0.29) is 0 Å². The molecule has 0 aliphatic rings. The van der Waals surface area contributed by atoms with Crippen molar-refractivity contribution in [2.45, 2.75) is 65.7 Å². The van der Waals surface area contributed by atoms with Gasteiger partial charge in [0.1, 0.15) is 0 Å². The van der Waals surface area contributed by atoms with Crippen LogP contribution < -0.4 is 0 Å². The van der Waals surface area contributed by atoms with E-state index in [1.807, 2.05) is 0 Å². The van der Waals surface area contributed by atoms with Crippen molar-refractivity contribution in [3.63, 3.8) is 0 Å². The average Bonchev–Trinajstić information content (AvgIpc) is 2.17. The summed E-state index contributed by atoms with van der Waals surface area (Å²) >= 11 is 0. The SMILES string of the molecule is CCCC/C=C/C(CC)CCCC. The minimum absolute atomic E-state index is 0.844. The van der Waals surface area contributed by atoms with Crippen molar-refractivity contribution in [1.29, 1.82) is 0 Å². The second-order valence-electron chi connectivity index (χ2n) is 3.88. The van der Waals surface area contributed by atoms with E-state index in [1.165, 1.54) is 44.9 Å². The molecule has 0 amide bonds. The van der Waals surface area contributed by atoms with Crippen LogP contribution in [0.25, 0.3) is 0 Å². The lowest BCUT2D eigenvalue weighted by Gasteiger charge is -2.08. The van der Waals surface area contributed by atoms with E-state index in [1.54, 1.807) is 0 Å². The standard InChI is InChI=1S/C13H26/c1-4-7-9-10-12-13(6-3)11-8-5-2/h10,12-13H,4-9,11H2,1-3H3/b12-10+. The Morgan fingerprint density at radius 3 is 2.23 bits per heavy atom. The zero-order chi connectivity index (χ0) is 9.94. The first kappa shape index (κ1) is 12.7. The lowest BCUT2D eigenvalue weighted by Crippen LogP contribution is -1.93. The molecule has 1 atom stereocenters. The Labute approximate surface area is 84.4 Å². The molecular formula is C13H26. The molecule has 0 aromatic carbocycles. The molecular weight excluding hydrogens is 156 g/mol. The van der Waals surface area contributed by atoms with E-state index in [4.69, 9.17) is 0 Å². The predicted molar refractivity (Wildman–Crippen MR) is 62.0 cm³/mol. The van der Waals surface area contributed by atoms with Crippen LogP contribution in [0.4, 0.5) is 0 Å². The molecule has 0 bridgehead atoms. The lowest BCUT2D eigenvalue weighted by molar-refractivity contribution is 0.538. The van der Waals surface area contributed by atoms with Crippen molar-refractivity contribution in [1.82, 2.24) is 0 Å². The Morgan fingerprint density at radius 2 is 1.69 bits per heavy atom. The quantitative estimate of drug-likeness (QED) is 0.368. The predicted octanol–water partition coefficient (Wildman–Crippen LogP) is 4.95. The number of unbranched alkanes of at least 4 members (excludes halogenated alkanes) is 3. The summed E-state index contributed by atoms with van der Waals surface area (Å²) in [6.07, 6.45) is 14.2. The van der Waals surface area contributed by atoms with Crippen molar-refractivity contribution in [2.75, 3.05) is 0 Å². The summed E-state index contributed by atoms with van der Waals surface area (Å²) in [4.78, 5) is 0. The maximum atomic E-state index is 2.44. The van der Waals surface area contributed by atoms with Crippen molar-refractivity contribution in [2.24, 2.45) is 5.92 Å². The van der Waals surface area contributed by atoms with Gasteiger partial charge < -0.3 is 0 Å². The molecule has 0 rings (SSSR count). The van der Waals surface area contributed by atoms with Gasteiger partial charge in [0.2, 0.25) is 0 Å². The largest absolute Gasteiger partial charge is 0.0883 e. The minimum Gasteiger partial charge on any atom is -0.0883 e. The van der Waals surface area contributed by atoms with Crippen LogP contribution in [0.2, 0.25) is 0 Å². The first-order chi connectivity index (χ1) is 6.35. The van der Waals surface area contributed by atoms with Gasteiger partial charge in [0, 0.05) is 0 Å².